The molecule has 0 bridgehead atoms. The minimum absolute atomic E-state index is 0.152. The Morgan fingerprint density at radius 1 is 1.12 bits per heavy atom. The Bertz CT molecular complexity index is 775. The maximum atomic E-state index is 12.1. The molecule has 0 radical (unpaired) electrons. The summed E-state index contributed by atoms with van der Waals surface area (Å²) in [7, 11) is 0. The zero-order valence-corrected chi connectivity index (χ0v) is 14.3. The van der Waals surface area contributed by atoms with E-state index >= 15 is 0 Å². The second-order valence-corrected chi connectivity index (χ2v) is 5.95. The summed E-state index contributed by atoms with van der Waals surface area (Å²) in [5, 5.41) is 3.92. The van der Waals surface area contributed by atoms with Gasteiger partial charge in [-0.2, -0.15) is 5.10 Å². The quantitative estimate of drug-likeness (QED) is 0.647. The van der Waals surface area contributed by atoms with Crippen molar-refractivity contribution < 1.29 is 14.3 Å². The summed E-state index contributed by atoms with van der Waals surface area (Å²) in [4.78, 5) is 12.1. The molecule has 0 saturated carbocycles. The van der Waals surface area contributed by atoms with E-state index in [1.165, 1.54) is 6.21 Å². The Hall–Kier alpha value is -2.60. The van der Waals surface area contributed by atoms with Gasteiger partial charge in [0.1, 0.15) is 6.61 Å². The van der Waals surface area contributed by atoms with Crippen molar-refractivity contribution in [2.24, 2.45) is 5.10 Å². The molecule has 1 heterocycles. The van der Waals surface area contributed by atoms with Gasteiger partial charge < -0.3 is 9.47 Å². The van der Waals surface area contributed by atoms with Crippen LogP contribution in [0.5, 0.6) is 11.5 Å². The predicted molar refractivity (Wildman–Crippen MR) is 96.3 cm³/mol. The van der Waals surface area contributed by atoms with Gasteiger partial charge in [0.05, 0.1) is 6.21 Å². The molecule has 1 N–H and O–H groups in total. The average molecular weight is 387 g/mol. The molecule has 1 aliphatic heterocycles. The normalized spacial score (nSPS) is 16.9. The number of carbonyl (C=O) groups is 1. The highest BCUT2D eigenvalue weighted by Crippen LogP contribution is 2.30. The number of carbonyl (C=O) groups excluding carboxylic acids is 1. The Kier molecular flexibility index (Phi) is 5.28. The summed E-state index contributed by atoms with van der Waals surface area (Å²) >= 11 is 3.39. The monoisotopic (exact) mass is 386 g/mol. The maximum Gasteiger partial charge on any atom is 0.284 e. The van der Waals surface area contributed by atoms with Crippen molar-refractivity contribution in [2.75, 3.05) is 6.61 Å². The third-order valence-corrected chi connectivity index (χ3v) is 3.70. The van der Waals surface area contributed by atoms with Gasteiger partial charge in [0, 0.05) is 4.48 Å². The summed E-state index contributed by atoms with van der Waals surface area (Å²) in [6.45, 7) is 0.152. The maximum absolute atomic E-state index is 12.1. The van der Waals surface area contributed by atoms with Gasteiger partial charge in [0.25, 0.3) is 5.91 Å². The van der Waals surface area contributed by atoms with Crippen molar-refractivity contribution in [2.45, 2.75) is 6.10 Å². The fourth-order valence-corrected chi connectivity index (χ4v) is 2.49. The first-order valence-electron chi connectivity index (χ1n) is 7.36. The number of halogens is 1. The standard InChI is InChI=1S/C18H15BrN2O3/c19-14(10-13-6-2-1-3-7-13)11-20-21-18(22)17-12-23-15-8-4-5-9-16(15)24-17/h1-11,17H,12H2,(H,21,22). The lowest BCUT2D eigenvalue weighted by molar-refractivity contribution is -0.130. The zero-order chi connectivity index (χ0) is 16.8. The van der Waals surface area contributed by atoms with Crippen molar-refractivity contribution in [1.82, 2.24) is 5.43 Å². The molecule has 1 aliphatic rings. The van der Waals surface area contributed by atoms with E-state index in [0.29, 0.717) is 11.5 Å². The molecule has 0 spiro atoms. The van der Waals surface area contributed by atoms with Crippen LogP contribution in [0.4, 0.5) is 0 Å². The van der Waals surface area contributed by atoms with Gasteiger partial charge in [-0.15, -0.1) is 0 Å². The molecule has 1 amide bonds. The number of benzene rings is 2. The van der Waals surface area contributed by atoms with Gasteiger partial charge in [0.2, 0.25) is 6.10 Å². The molecule has 2 aromatic rings. The number of hydrogen-bond acceptors (Lipinski definition) is 4. The summed E-state index contributed by atoms with van der Waals surface area (Å²) in [6, 6.07) is 17.0. The Morgan fingerprint density at radius 2 is 1.83 bits per heavy atom. The third kappa shape index (κ3) is 4.23. The van der Waals surface area contributed by atoms with E-state index in [4.69, 9.17) is 9.47 Å². The fraction of sp³-hybridized carbons (Fsp3) is 0.111. The van der Waals surface area contributed by atoms with Crippen LogP contribution in [0.1, 0.15) is 5.56 Å². The lowest BCUT2D eigenvalue weighted by Gasteiger charge is -2.24. The molecule has 0 aromatic heterocycles. The van der Waals surface area contributed by atoms with Crippen LogP contribution in [-0.2, 0) is 4.79 Å². The van der Waals surface area contributed by atoms with Gasteiger partial charge >= 0.3 is 0 Å². The highest BCUT2D eigenvalue weighted by Gasteiger charge is 2.26. The topological polar surface area (TPSA) is 59.9 Å². The Labute approximate surface area is 148 Å². The zero-order valence-electron chi connectivity index (χ0n) is 12.7. The first kappa shape index (κ1) is 16.3. The van der Waals surface area contributed by atoms with E-state index in [1.807, 2.05) is 48.5 Å². The Morgan fingerprint density at radius 3 is 2.62 bits per heavy atom. The van der Waals surface area contributed by atoms with Crippen LogP contribution in [0, 0.1) is 0 Å². The molecule has 1 atom stereocenters. The summed E-state index contributed by atoms with van der Waals surface area (Å²) in [5.74, 6) is 0.831. The van der Waals surface area contributed by atoms with E-state index in [0.717, 1.165) is 10.0 Å². The largest absolute Gasteiger partial charge is 0.485 e. The number of amides is 1. The molecule has 5 nitrogen and oxygen atoms in total. The lowest BCUT2D eigenvalue weighted by atomic mass is 10.2. The highest BCUT2D eigenvalue weighted by molar-refractivity contribution is 9.12. The number of hydrogen-bond donors (Lipinski definition) is 1. The second-order valence-electron chi connectivity index (χ2n) is 5.04. The Balaban J connectivity index is 1.55. The fourth-order valence-electron chi connectivity index (χ4n) is 2.12. The van der Waals surface area contributed by atoms with E-state index in [2.05, 4.69) is 26.5 Å². The van der Waals surface area contributed by atoms with Crippen molar-refractivity contribution in [3.63, 3.8) is 0 Å². The molecular weight excluding hydrogens is 372 g/mol. The smallest absolute Gasteiger partial charge is 0.284 e. The van der Waals surface area contributed by atoms with E-state index < -0.39 is 6.10 Å². The number of ether oxygens (including phenoxy) is 2. The van der Waals surface area contributed by atoms with E-state index in [1.54, 1.807) is 12.1 Å². The molecule has 6 heteroatoms. The summed E-state index contributed by atoms with van der Waals surface area (Å²) in [5.41, 5.74) is 3.48. The second kappa shape index (κ2) is 7.79. The summed E-state index contributed by atoms with van der Waals surface area (Å²) < 4.78 is 11.9. The van der Waals surface area contributed by atoms with Gasteiger partial charge in [-0.3, -0.25) is 4.79 Å². The van der Waals surface area contributed by atoms with E-state index in [9.17, 15) is 4.79 Å². The van der Waals surface area contributed by atoms with Gasteiger partial charge in [-0.25, -0.2) is 5.43 Å². The average Bonchev–Trinajstić information content (AvgIpc) is 2.62. The number of rotatable bonds is 4. The molecule has 3 rings (SSSR count). The molecule has 122 valence electrons. The van der Waals surface area contributed by atoms with Crippen LogP contribution >= 0.6 is 15.9 Å². The predicted octanol–water partition coefficient (Wildman–Crippen LogP) is 3.36. The SMILES string of the molecule is O=C(NN=CC(Br)=Cc1ccccc1)C1COc2ccccc2O1. The third-order valence-electron chi connectivity index (χ3n) is 3.27. The van der Waals surface area contributed by atoms with Crippen LogP contribution < -0.4 is 14.9 Å². The van der Waals surface area contributed by atoms with Gasteiger partial charge in [0.15, 0.2) is 11.5 Å². The van der Waals surface area contributed by atoms with Crippen molar-refractivity contribution in [3.05, 3.63) is 64.6 Å². The lowest BCUT2D eigenvalue weighted by Crippen LogP contribution is -2.42. The first-order valence-corrected chi connectivity index (χ1v) is 8.15. The van der Waals surface area contributed by atoms with Crippen molar-refractivity contribution in [1.29, 1.82) is 0 Å². The molecule has 2 aromatic carbocycles. The van der Waals surface area contributed by atoms with Crippen molar-refractivity contribution in [3.8, 4) is 11.5 Å². The molecule has 1 unspecified atom stereocenters. The van der Waals surface area contributed by atoms with Crippen LogP contribution in [0.15, 0.2) is 64.2 Å². The first-order chi connectivity index (χ1) is 11.7. The van der Waals surface area contributed by atoms with Crippen molar-refractivity contribution >= 4 is 34.1 Å². The molecule has 24 heavy (non-hydrogen) atoms. The number of nitrogens with zero attached hydrogens (tertiary/aromatic N) is 1. The van der Waals surface area contributed by atoms with Crippen LogP contribution in [0.25, 0.3) is 6.08 Å². The molecule has 0 fully saturated rings. The summed E-state index contributed by atoms with van der Waals surface area (Å²) in [6.07, 6.45) is 2.68. The van der Waals surface area contributed by atoms with E-state index in [-0.39, 0.29) is 12.5 Å². The van der Waals surface area contributed by atoms with Crippen LogP contribution in [-0.4, -0.2) is 24.8 Å². The van der Waals surface area contributed by atoms with Crippen LogP contribution in [0.2, 0.25) is 0 Å². The van der Waals surface area contributed by atoms with Gasteiger partial charge in [-0.1, -0.05) is 42.5 Å². The minimum Gasteiger partial charge on any atom is -0.485 e. The number of hydrazone groups is 1. The minimum atomic E-state index is -0.728. The number of para-hydroxylation sites is 2. The number of allylic oxidation sites excluding steroid dienone is 1. The van der Waals surface area contributed by atoms with Crippen LogP contribution in [0.3, 0.4) is 0 Å². The highest BCUT2D eigenvalue weighted by atomic mass is 79.9. The molecular formula is C18H15BrN2O3. The molecule has 0 saturated heterocycles. The number of fused-ring (bicyclic) bond motifs is 1. The molecule has 0 aliphatic carbocycles. The van der Waals surface area contributed by atoms with Gasteiger partial charge in [-0.05, 0) is 39.7 Å². The number of nitrogens with one attached hydrogen (secondary N) is 1.